The van der Waals surface area contributed by atoms with E-state index in [0.29, 0.717) is 11.5 Å². The zero-order valence-electron chi connectivity index (χ0n) is 10.2. The van der Waals surface area contributed by atoms with Crippen LogP contribution in [0.5, 0.6) is 0 Å². The summed E-state index contributed by atoms with van der Waals surface area (Å²) >= 11 is 0. The third-order valence-electron chi connectivity index (χ3n) is 3.99. The van der Waals surface area contributed by atoms with Crippen LogP contribution in [0.15, 0.2) is 18.2 Å². The van der Waals surface area contributed by atoms with Crippen LogP contribution in [0.25, 0.3) is 0 Å². The Morgan fingerprint density at radius 1 is 1.29 bits per heavy atom. The van der Waals surface area contributed by atoms with Crippen LogP contribution in [0, 0.1) is 23.1 Å². The summed E-state index contributed by atoms with van der Waals surface area (Å²) in [6.45, 7) is 2.23. The Bertz CT molecular complexity index is 425. The van der Waals surface area contributed by atoms with Gasteiger partial charge < -0.3 is 0 Å². The largest absolute Gasteiger partial charge is 0.207 e. The zero-order chi connectivity index (χ0) is 12.3. The number of hydrogen-bond donors (Lipinski definition) is 0. The number of halogens is 1. The predicted molar refractivity (Wildman–Crippen MR) is 66.1 cm³/mol. The van der Waals surface area contributed by atoms with Crippen LogP contribution in [0.4, 0.5) is 4.39 Å². The van der Waals surface area contributed by atoms with E-state index in [1.807, 2.05) is 6.07 Å². The molecule has 0 radical (unpaired) electrons. The fraction of sp³-hybridized carbons (Fsp3) is 0.533. The van der Waals surface area contributed by atoms with Gasteiger partial charge in [0.15, 0.2) is 0 Å². The highest BCUT2D eigenvalue weighted by Gasteiger charge is 2.23. The van der Waals surface area contributed by atoms with Gasteiger partial charge in [-0.15, -0.1) is 0 Å². The van der Waals surface area contributed by atoms with Gasteiger partial charge in [-0.25, -0.2) is 4.39 Å². The minimum Gasteiger partial charge on any atom is -0.207 e. The number of nitrogens with zero attached hydrogens (tertiary/aromatic N) is 1. The highest BCUT2D eigenvalue weighted by Crippen LogP contribution is 2.37. The normalized spacial score (nSPS) is 24.3. The molecule has 0 saturated heterocycles. The maximum absolute atomic E-state index is 13.8. The van der Waals surface area contributed by atoms with Crippen LogP contribution < -0.4 is 0 Å². The molecule has 0 bridgehead atoms. The van der Waals surface area contributed by atoms with Crippen molar-refractivity contribution >= 4 is 0 Å². The molecule has 0 unspecified atom stereocenters. The van der Waals surface area contributed by atoms with Gasteiger partial charge in [-0.1, -0.05) is 19.4 Å². The van der Waals surface area contributed by atoms with Gasteiger partial charge in [0.25, 0.3) is 0 Å². The third kappa shape index (κ3) is 2.66. The molecule has 1 aromatic rings. The van der Waals surface area contributed by atoms with E-state index < -0.39 is 0 Å². The van der Waals surface area contributed by atoms with Gasteiger partial charge in [0.1, 0.15) is 5.82 Å². The lowest BCUT2D eigenvalue weighted by atomic mass is 9.77. The summed E-state index contributed by atoms with van der Waals surface area (Å²) in [5, 5.41) is 8.71. The van der Waals surface area contributed by atoms with E-state index in [0.717, 1.165) is 24.3 Å². The molecule has 2 heteroatoms. The van der Waals surface area contributed by atoms with E-state index in [-0.39, 0.29) is 5.82 Å². The summed E-state index contributed by atoms with van der Waals surface area (Å²) in [6, 6.07) is 6.86. The van der Waals surface area contributed by atoms with Crippen LogP contribution in [-0.4, -0.2) is 0 Å². The monoisotopic (exact) mass is 231 g/mol. The van der Waals surface area contributed by atoms with Crippen molar-refractivity contribution in [3.8, 4) is 6.07 Å². The molecule has 1 aromatic carbocycles. The van der Waals surface area contributed by atoms with E-state index in [1.165, 1.54) is 25.3 Å². The molecular weight excluding hydrogens is 213 g/mol. The summed E-state index contributed by atoms with van der Waals surface area (Å²) in [4.78, 5) is 0. The maximum atomic E-state index is 13.8. The number of hydrogen-bond acceptors (Lipinski definition) is 1. The topological polar surface area (TPSA) is 23.8 Å². The van der Waals surface area contributed by atoms with Crippen LogP contribution in [-0.2, 0) is 0 Å². The molecular formula is C15H18FN. The molecule has 0 atom stereocenters. The molecule has 0 aliphatic heterocycles. The van der Waals surface area contributed by atoms with Crippen molar-refractivity contribution in [3.63, 3.8) is 0 Å². The Hall–Kier alpha value is -1.36. The lowest BCUT2D eigenvalue weighted by Crippen LogP contribution is -2.13. The van der Waals surface area contributed by atoms with Crippen molar-refractivity contribution in [3.05, 3.63) is 35.1 Å². The fourth-order valence-electron chi connectivity index (χ4n) is 2.81. The average molecular weight is 231 g/mol. The molecule has 0 spiro atoms. The summed E-state index contributed by atoms with van der Waals surface area (Å²) in [6.07, 6.45) is 5.83. The molecule has 2 rings (SSSR count). The SMILES string of the molecule is CCC1CCC(c2ccc(C#N)cc2F)CC1. The van der Waals surface area contributed by atoms with Crippen LogP contribution >= 0.6 is 0 Å². The standard InChI is InChI=1S/C15H18FN/c1-2-11-3-6-13(7-4-11)14-8-5-12(10-17)9-15(14)16/h5,8-9,11,13H,2-4,6-7H2,1H3. The predicted octanol–water partition coefficient (Wildman–Crippen LogP) is 4.38. The molecule has 1 fully saturated rings. The molecule has 90 valence electrons. The lowest BCUT2D eigenvalue weighted by molar-refractivity contribution is 0.314. The first kappa shape index (κ1) is 12.1. The van der Waals surface area contributed by atoms with Gasteiger partial charge >= 0.3 is 0 Å². The molecule has 1 aliphatic rings. The second kappa shape index (κ2) is 5.31. The van der Waals surface area contributed by atoms with Crippen molar-refractivity contribution in [1.29, 1.82) is 5.26 Å². The quantitative estimate of drug-likeness (QED) is 0.741. The van der Waals surface area contributed by atoms with Gasteiger partial charge in [0, 0.05) is 0 Å². The minimum atomic E-state index is -0.205. The highest BCUT2D eigenvalue weighted by atomic mass is 19.1. The number of rotatable bonds is 2. The minimum absolute atomic E-state index is 0.205. The Balaban J connectivity index is 2.11. The van der Waals surface area contributed by atoms with Gasteiger partial charge in [0.2, 0.25) is 0 Å². The van der Waals surface area contributed by atoms with Crippen molar-refractivity contribution in [2.45, 2.75) is 44.9 Å². The van der Waals surface area contributed by atoms with E-state index in [9.17, 15) is 4.39 Å². The fourth-order valence-corrected chi connectivity index (χ4v) is 2.81. The summed E-state index contributed by atoms with van der Waals surface area (Å²) in [5.41, 5.74) is 1.21. The maximum Gasteiger partial charge on any atom is 0.127 e. The van der Waals surface area contributed by atoms with Crippen LogP contribution in [0.1, 0.15) is 56.1 Å². The lowest BCUT2D eigenvalue weighted by Gasteiger charge is -2.28. The first-order valence-corrected chi connectivity index (χ1v) is 6.44. The molecule has 0 aromatic heterocycles. The molecule has 0 N–H and O–H groups in total. The number of nitriles is 1. The van der Waals surface area contributed by atoms with Crippen LogP contribution in [0.3, 0.4) is 0 Å². The Kier molecular flexibility index (Phi) is 3.78. The first-order valence-electron chi connectivity index (χ1n) is 6.44. The second-order valence-corrected chi connectivity index (χ2v) is 4.97. The molecule has 1 nitrogen and oxygen atoms in total. The smallest absolute Gasteiger partial charge is 0.127 e. The van der Waals surface area contributed by atoms with Crippen molar-refractivity contribution in [2.24, 2.45) is 5.92 Å². The molecule has 1 aliphatic carbocycles. The first-order chi connectivity index (χ1) is 8.24. The highest BCUT2D eigenvalue weighted by molar-refractivity contribution is 5.34. The van der Waals surface area contributed by atoms with E-state index in [4.69, 9.17) is 5.26 Å². The zero-order valence-corrected chi connectivity index (χ0v) is 10.2. The average Bonchev–Trinajstić information content (AvgIpc) is 2.39. The van der Waals surface area contributed by atoms with Gasteiger partial charge in [-0.05, 0) is 55.2 Å². The second-order valence-electron chi connectivity index (χ2n) is 4.97. The summed E-state index contributed by atoms with van der Waals surface area (Å²) < 4.78 is 13.8. The van der Waals surface area contributed by atoms with E-state index >= 15 is 0 Å². The molecule has 1 saturated carbocycles. The Morgan fingerprint density at radius 3 is 2.53 bits per heavy atom. The Labute approximate surface area is 102 Å². The summed E-state index contributed by atoms with van der Waals surface area (Å²) in [7, 11) is 0. The van der Waals surface area contributed by atoms with E-state index in [2.05, 4.69) is 6.92 Å². The summed E-state index contributed by atoms with van der Waals surface area (Å²) in [5.74, 6) is 0.974. The van der Waals surface area contributed by atoms with E-state index in [1.54, 1.807) is 12.1 Å². The third-order valence-corrected chi connectivity index (χ3v) is 3.99. The van der Waals surface area contributed by atoms with Gasteiger partial charge in [-0.2, -0.15) is 5.26 Å². The molecule has 0 heterocycles. The van der Waals surface area contributed by atoms with Gasteiger partial charge in [-0.3, -0.25) is 0 Å². The number of benzene rings is 1. The molecule has 0 amide bonds. The van der Waals surface area contributed by atoms with Crippen LogP contribution in [0.2, 0.25) is 0 Å². The molecule has 17 heavy (non-hydrogen) atoms. The van der Waals surface area contributed by atoms with Crippen molar-refractivity contribution < 1.29 is 4.39 Å². The van der Waals surface area contributed by atoms with Gasteiger partial charge in [0.05, 0.1) is 11.6 Å². The van der Waals surface area contributed by atoms with Crippen molar-refractivity contribution in [2.75, 3.05) is 0 Å². The van der Waals surface area contributed by atoms with Crippen molar-refractivity contribution in [1.82, 2.24) is 0 Å². The Morgan fingerprint density at radius 2 is 2.00 bits per heavy atom.